The summed E-state index contributed by atoms with van der Waals surface area (Å²) in [6.45, 7) is 6.78. The highest BCUT2D eigenvalue weighted by Crippen LogP contribution is 2.40. The molecule has 0 bridgehead atoms. The van der Waals surface area contributed by atoms with Gasteiger partial charge in [-0.15, -0.1) is 0 Å². The van der Waals surface area contributed by atoms with Crippen LogP contribution in [0.4, 0.5) is 0 Å². The molecule has 180 valence electrons. The van der Waals surface area contributed by atoms with Crippen LogP contribution in [-0.4, -0.2) is 72.6 Å². The van der Waals surface area contributed by atoms with Gasteiger partial charge < -0.3 is 19.5 Å². The maximum Gasteiger partial charge on any atom is 0.295 e. The van der Waals surface area contributed by atoms with E-state index >= 15 is 0 Å². The SMILES string of the molecule is CCOc1ccc(C2/C(=C(/O)c3ccc(Cl)cc3)C(=O)C(=O)N2CCCN2CCOCC2)cc1. The Hall–Kier alpha value is -2.87. The maximum atomic E-state index is 13.1. The number of rotatable bonds is 8. The van der Waals surface area contributed by atoms with Crippen molar-refractivity contribution in [3.8, 4) is 5.75 Å². The van der Waals surface area contributed by atoms with Crippen molar-refractivity contribution in [2.24, 2.45) is 0 Å². The number of ketones is 1. The van der Waals surface area contributed by atoms with Crippen molar-refractivity contribution in [1.29, 1.82) is 0 Å². The summed E-state index contributed by atoms with van der Waals surface area (Å²) in [5, 5.41) is 11.6. The lowest BCUT2D eigenvalue weighted by atomic mass is 9.95. The molecule has 0 radical (unpaired) electrons. The van der Waals surface area contributed by atoms with Crippen molar-refractivity contribution >= 4 is 29.1 Å². The lowest BCUT2D eigenvalue weighted by Gasteiger charge is -2.29. The Bertz CT molecular complexity index is 1050. The molecule has 8 heteroatoms. The van der Waals surface area contributed by atoms with E-state index in [1.54, 1.807) is 29.2 Å². The van der Waals surface area contributed by atoms with Crippen LogP contribution in [-0.2, 0) is 14.3 Å². The Morgan fingerprint density at radius 1 is 1.06 bits per heavy atom. The van der Waals surface area contributed by atoms with Crippen molar-refractivity contribution in [2.75, 3.05) is 46.0 Å². The molecule has 1 unspecified atom stereocenters. The van der Waals surface area contributed by atoms with Gasteiger partial charge in [0, 0.05) is 36.8 Å². The third-order valence-electron chi connectivity index (χ3n) is 6.14. The van der Waals surface area contributed by atoms with E-state index in [-0.39, 0.29) is 11.3 Å². The molecular formula is C26H29ClN2O5. The molecule has 1 atom stereocenters. The number of likely N-dealkylation sites (tertiary alicyclic amines) is 1. The van der Waals surface area contributed by atoms with Crippen LogP contribution in [0, 0.1) is 0 Å². The van der Waals surface area contributed by atoms with E-state index in [0.717, 1.165) is 25.2 Å². The first-order valence-corrected chi connectivity index (χ1v) is 11.9. The van der Waals surface area contributed by atoms with Crippen LogP contribution < -0.4 is 4.74 Å². The largest absolute Gasteiger partial charge is 0.507 e. The van der Waals surface area contributed by atoms with Crippen molar-refractivity contribution in [3.63, 3.8) is 0 Å². The number of nitrogens with zero attached hydrogens (tertiary/aromatic N) is 2. The first-order chi connectivity index (χ1) is 16.5. The molecule has 2 aromatic carbocycles. The molecule has 2 aromatic rings. The van der Waals surface area contributed by atoms with Gasteiger partial charge in [-0.25, -0.2) is 0 Å². The predicted octanol–water partition coefficient (Wildman–Crippen LogP) is 3.88. The van der Waals surface area contributed by atoms with Gasteiger partial charge in [-0.05, 0) is 55.3 Å². The molecule has 2 heterocycles. The highest BCUT2D eigenvalue weighted by atomic mass is 35.5. The second-order valence-electron chi connectivity index (χ2n) is 8.31. The Kier molecular flexibility index (Phi) is 7.88. The summed E-state index contributed by atoms with van der Waals surface area (Å²) in [6, 6.07) is 13.2. The number of Topliss-reactive ketones (excluding diaryl/α,β-unsaturated/α-hetero) is 1. The fraction of sp³-hybridized carbons (Fsp3) is 0.385. The number of hydrogen-bond acceptors (Lipinski definition) is 6. The Morgan fingerprint density at radius 3 is 2.38 bits per heavy atom. The summed E-state index contributed by atoms with van der Waals surface area (Å²) in [7, 11) is 0. The zero-order valence-corrected chi connectivity index (χ0v) is 20.0. The number of carbonyl (C=O) groups is 2. The second kappa shape index (κ2) is 11.0. The number of carbonyl (C=O) groups excluding carboxylic acids is 2. The molecule has 2 aliphatic rings. The van der Waals surface area contributed by atoms with E-state index in [0.29, 0.717) is 49.1 Å². The lowest BCUT2D eigenvalue weighted by Crippen LogP contribution is -2.38. The van der Waals surface area contributed by atoms with Crippen molar-refractivity contribution in [2.45, 2.75) is 19.4 Å². The number of aliphatic hydroxyl groups is 1. The molecule has 2 aliphatic heterocycles. The van der Waals surface area contributed by atoms with Crippen LogP contribution in [0.2, 0.25) is 5.02 Å². The quantitative estimate of drug-likeness (QED) is 0.348. The van der Waals surface area contributed by atoms with Gasteiger partial charge in [0.1, 0.15) is 11.5 Å². The van der Waals surface area contributed by atoms with Crippen molar-refractivity contribution in [3.05, 3.63) is 70.3 Å². The van der Waals surface area contributed by atoms with E-state index in [1.165, 1.54) is 0 Å². The van der Waals surface area contributed by atoms with Gasteiger partial charge in [0.25, 0.3) is 11.7 Å². The number of benzene rings is 2. The Labute approximate surface area is 204 Å². The van der Waals surface area contributed by atoms with Crippen molar-refractivity contribution < 1.29 is 24.2 Å². The molecule has 2 saturated heterocycles. The van der Waals surface area contributed by atoms with E-state index in [2.05, 4.69) is 4.90 Å². The molecule has 0 aromatic heterocycles. The van der Waals surface area contributed by atoms with Crippen LogP contribution in [0.3, 0.4) is 0 Å². The van der Waals surface area contributed by atoms with E-state index in [9.17, 15) is 14.7 Å². The normalized spacial score (nSPS) is 20.6. The van der Waals surface area contributed by atoms with Gasteiger partial charge in [-0.3, -0.25) is 14.5 Å². The minimum atomic E-state index is -0.684. The van der Waals surface area contributed by atoms with Gasteiger partial charge >= 0.3 is 0 Å². The first kappa shape index (κ1) is 24.3. The molecule has 7 nitrogen and oxygen atoms in total. The number of ether oxygens (including phenoxy) is 2. The van der Waals surface area contributed by atoms with Gasteiger partial charge in [0.2, 0.25) is 0 Å². The predicted molar refractivity (Wildman–Crippen MR) is 130 cm³/mol. The van der Waals surface area contributed by atoms with Crippen molar-refractivity contribution in [1.82, 2.24) is 9.80 Å². The minimum absolute atomic E-state index is 0.0860. The Morgan fingerprint density at radius 2 is 1.74 bits per heavy atom. The zero-order valence-electron chi connectivity index (χ0n) is 19.2. The maximum absolute atomic E-state index is 13.1. The van der Waals surface area contributed by atoms with Gasteiger partial charge in [0.05, 0.1) is 31.4 Å². The van der Waals surface area contributed by atoms with Gasteiger partial charge in [-0.2, -0.15) is 0 Å². The number of morpholine rings is 1. The Balaban J connectivity index is 1.66. The molecule has 0 spiro atoms. The monoisotopic (exact) mass is 484 g/mol. The van der Waals surface area contributed by atoms with E-state index in [4.69, 9.17) is 21.1 Å². The number of amides is 1. The topological polar surface area (TPSA) is 79.3 Å². The van der Waals surface area contributed by atoms with Crippen LogP contribution in [0.15, 0.2) is 54.1 Å². The molecule has 2 fully saturated rings. The summed E-state index contributed by atoms with van der Waals surface area (Å²) in [5.41, 5.74) is 1.26. The standard InChI is InChI=1S/C26H29ClN2O5/c1-2-34-21-10-6-18(7-11-21)23-22(24(30)19-4-8-20(27)9-5-19)25(31)26(32)29(23)13-3-12-28-14-16-33-17-15-28/h4-11,23,30H,2-3,12-17H2,1H3/b24-22-. The molecule has 0 saturated carbocycles. The van der Waals surface area contributed by atoms with Crippen LogP contribution in [0.1, 0.15) is 30.5 Å². The fourth-order valence-corrected chi connectivity index (χ4v) is 4.55. The summed E-state index contributed by atoms with van der Waals surface area (Å²) < 4.78 is 10.9. The molecular weight excluding hydrogens is 456 g/mol. The van der Waals surface area contributed by atoms with Crippen LogP contribution in [0.25, 0.3) is 5.76 Å². The van der Waals surface area contributed by atoms with Crippen LogP contribution in [0.5, 0.6) is 5.75 Å². The second-order valence-corrected chi connectivity index (χ2v) is 8.75. The number of hydrogen-bond donors (Lipinski definition) is 1. The average Bonchev–Trinajstić information content (AvgIpc) is 3.10. The smallest absolute Gasteiger partial charge is 0.295 e. The summed E-state index contributed by atoms with van der Waals surface area (Å²) in [4.78, 5) is 30.1. The third kappa shape index (κ3) is 5.27. The summed E-state index contributed by atoms with van der Waals surface area (Å²) >= 11 is 5.99. The first-order valence-electron chi connectivity index (χ1n) is 11.6. The molecule has 1 N–H and O–H groups in total. The fourth-order valence-electron chi connectivity index (χ4n) is 4.42. The summed E-state index contributed by atoms with van der Waals surface area (Å²) in [6.07, 6.45) is 0.710. The minimum Gasteiger partial charge on any atom is -0.507 e. The summed E-state index contributed by atoms with van der Waals surface area (Å²) in [5.74, 6) is -0.785. The zero-order chi connectivity index (χ0) is 24.1. The van der Waals surface area contributed by atoms with E-state index in [1.807, 2.05) is 31.2 Å². The van der Waals surface area contributed by atoms with Gasteiger partial charge in [0.15, 0.2) is 0 Å². The number of halogens is 1. The highest BCUT2D eigenvalue weighted by molar-refractivity contribution is 6.46. The third-order valence-corrected chi connectivity index (χ3v) is 6.39. The molecule has 4 rings (SSSR count). The number of aliphatic hydroxyl groups excluding tert-OH is 1. The molecule has 34 heavy (non-hydrogen) atoms. The van der Waals surface area contributed by atoms with E-state index < -0.39 is 17.7 Å². The molecule has 0 aliphatic carbocycles. The molecule has 1 amide bonds. The average molecular weight is 485 g/mol. The van der Waals surface area contributed by atoms with Gasteiger partial charge in [-0.1, -0.05) is 23.7 Å². The van der Waals surface area contributed by atoms with Crippen LogP contribution >= 0.6 is 11.6 Å². The highest BCUT2D eigenvalue weighted by Gasteiger charge is 2.45. The lowest BCUT2D eigenvalue weighted by molar-refractivity contribution is -0.140.